The first kappa shape index (κ1) is 19.2. The predicted octanol–water partition coefficient (Wildman–Crippen LogP) is 2.10. The number of methoxy groups -OCH3 is 1. The van der Waals surface area contributed by atoms with Crippen molar-refractivity contribution in [2.24, 2.45) is 0 Å². The van der Waals surface area contributed by atoms with Gasteiger partial charge >= 0.3 is 0 Å². The first-order chi connectivity index (χ1) is 13.2. The molecule has 0 fully saturated rings. The molecule has 1 aromatic heterocycles. The number of aryl methyl sites for hydroxylation is 1. The van der Waals surface area contributed by atoms with E-state index in [1.54, 1.807) is 7.11 Å². The van der Waals surface area contributed by atoms with Crippen LogP contribution in [0.5, 0.6) is 0 Å². The van der Waals surface area contributed by atoms with Crippen molar-refractivity contribution in [3.05, 3.63) is 59.9 Å². The lowest BCUT2D eigenvalue weighted by molar-refractivity contribution is -0.121. The Kier molecular flexibility index (Phi) is 6.65. The van der Waals surface area contributed by atoms with Crippen LogP contribution in [0.15, 0.2) is 48.7 Å². The van der Waals surface area contributed by atoms with Crippen LogP contribution in [0.4, 0.5) is 0 Å². The SMILES string of the molecule is COCCN1C(=O)c2cccn2CC1CNC(=O)CCCc1ccccc1. The summed E-state index contributed by atoms with van der Waals surface area (Å²) in [5.41, 5.74) is 1.94. The Morgan fingerprint density at radius 2 is 2.04 bits per heavy atom. The van der Waals surface area contributed by atoms with Crippen molar-refractivity contribution in [1.29, 1.82) is 0 Å². The molecule has 1 aliphatic heterocycles. The fraction of sp³-hybridized carbons (Fsp3) is 0.429. The summed E-state index contributed by atoms with van der Waals surface area (Å²) in [5, 5.41) is 3.00. The van der Waals surface area contributed by atoms with Crippen molar-refractivity contribution >= 4 is 11.8 Å². The normalized spacial score (nSPS) is 16.3. The Morgan fingerprint density at radius 1 is 1.22 bits per heavy atom. The van der Waals surface area contributed by atoms with Crippen LogP contribution in [-0.2, 0) is 22.5 Å². The molecule has 6 heteroatoms. The minimum atomic E-state index is -0.0642. The standard InChI is InChI=1S/C21H27N3O3/c1-27-14-13-24-18(16-23-12-6-10-19(23)21(24)26)15-22-20(25)11-5-9-17-7-3-2-4-8-17/h2-4,6-8,10,12,18H,5,9,11,13-16H2,1H3,(H,22,25). The van der Waals surface area contributed by atoms with Crippen LogP contribution in [0.25, 0.3) is 0 Å². The summed E-state index contributed by atoms with van der Waals surface area (Å²) < 4.78 is 7.10. The van der Waals surface area contributed by atoms with Crippen molar-refractivity contribution in [2.75, 3.05) is 26.8 Å². The van der Waals surface area contributed by atoms with Gasteiger partial charge in [-0.2, -0.15) is 0 Å². The number of carbonyl (C=O) groups is 2. The highest BCUT2D eigenvalue weighted by atomic mass is 16.5. The highest BCUT2D eigenvalue weighted by Gasteiger charge is 2.31. The molecule has 1 unspecified atom stereocenters. The first-order valence-electron chi connectivity index (χ1n) is 9.44. The fourth-order valence-corrected chi connectivity index (χ4v) is 3.47. The molecule has 1 atom stereocenters. The van der Waals surface area contributed by atoms with Gasteiger partial charge in [-0.25, -0.2) is 0 Å². The number of benzene rings is 1. The summed E-state index contributed by atoms with van der Waals surface area (Å²) in [4.78, 5) is 26.7. The third-order valence-corrected chi connectivity index (χ3v) is 4.94. The third kappa shape index (κ3) is 4.98. The molecular weight excluding hydrogens is 342 g/mol. The van der Waals surface area contributed by atoms with Crippen molar-refractivity contribution in [2.45, 2.75) is 31.8 Å². The van der Waals surface area contributed by atoms with Gasteiger partial charge in [0.1, 0.15) is 5.69 Å². The Bertz CT molecular complexity index is 757. The number of nitrogens with zero attached hydrogens (tertiary/aromatic N) is 2. The number of hydrogen-bond donors (Lipinski definition) is 1. The van der Waals surface area contributed by atoms with E-state index in [1.807, 2.05) is 46.0 Å². The summed E-state index contributed by atoms with van der Waals surface area (Å²) >= 11 is 0. The van der Waals surface area contributed by atoms with Crippen molar-refractivity contribution in [3.63, 3.8) is 0 Å². The first-order valence-corrected chi connectivity index (χ1v) is 9.44. The minimum absolute atomic E-state index is 0.00775. The number of carbonyl (C=O) groups excluding carboxylic acids is 2. The Labute approximate surface area is 160 Å². The molecule has 2 heterocycles. The highest BCUT2D eigenvalue weighted by Crippen LogP contribution is 2.18. The summed E-state index contributed by atoms with van der Waals surface area (Å²) in [6.07, 6.45) is 4.11. The van der Waals surface area contributed by atoms with E-state index in [0.717, 1.165) is 12.8 Å². The number of hydrogen-bond acceptors (Lipinski definition) is 3. The van der Waals surface area contributed by atoms with E-state index in [9.17, 15) is 9.59 Å². The van der Waals surface area contributed by atoms with E-state index >= 15 is 0 Å². The molecule has 0 saturated carbocycles. The van der Waals surface area contributed by atoms with Gasteiger partial charge in [0.2, 0.25) is 5.91 Å². The maximum atomic E-state index is 12.7. The van der Waals surface area contributed by atoms with E-state index in [-0.39, 0.29) is 17.9 Å². The molecule has 27 heavy (non-hydrogen) atoms. The quantitative estimate of drug-likeness (QED) is 0.736. The van der Waals surface area contributed by atoms with Crippen LogP contribution in [0.3, 0.4) is 0 Å². The highest BCUT2D eigenvalue weighted by molar-refractivity contribution is 5.93. The fourth-order valence-electron chi connectivity index (χ4n) is 3.47. The maximum absolute atomic E-state index is 12.7. The molecule has 0 bridgehead atoms. The molecule has 3 rings (SSSR count). The minimum Gasteiger partial charge on any atom is -0.383 e. The zero-order chi connectivity index (χ0) is 19.1. The van der Waals surface area contributed by atoms with Gasteiger partial charge in [0, 0.05) is 39.4 Å². The molecule has 0 aliphatic carbocycles. The number of amides is 2. The molecule has 0 saturated heterocycles. The lowest BCUT2D eigenvalue weighted by Gasteiger charge is -2.36. The molecule has 6 nitrogen and oxygen atoms in total. The van der Waals surface area contributed by atoms with Gasteiger partial charge in [0.15, 0.2) is 0 Å². The number of aromatic nitrogens is 1. The largest absolute Gasteiger partial charge is 0.383 e. The topological polar surface area (TPSA) is 63.6 Å². The van der Waals surface area contributed by atoms with E-state index < -0.39 is 0 Å². The zero-order valence-electron chi connectivity index (χ0n) is 15.8. The summed E-state index contributed by atoms with van der Waals surface area (Å²) in [7, 11) is 1.63. The van der Waals surface area contributed by atoms with Gasteiger partial charge in [-0.15, -0.1) is 0 Å². The van der Waals surface area contributed by atoms with Gasteiger partial charge in [0.25, 0.3) is 5.91 Å². The van der Waals surface area contributed by atoms with Crippen LogP contribution >= 0.6 is 0 Å². The second-order valence-electron chi connectivity index (χ2n) is 6.83. The van der Waals surface area contributed by atoms with Crippen LogP contribution in [-0.4, -0.2) is 54.1 Å². The molecule has 2 amide bonds. The summed E-state index contributed by atoms with van der Waals surface area (Å²) in [6, 6.07) is 13.8. The second kappa shape index (κ2) is 9.37. The predicted molar refractivity (Wildman–Crippen MR) is 104 cm³/mol. The van der Waals surface area contributed by atoms with Crippen molar-refractivity contribution in [3.8, 4) is 0 Å². The number of rotatable bonds is 9. The average molecular weight is 369 g/mol. The van der Waals surface area contributed by atoms with E-state index in [0.29, 0.717) is 38.4 Å². The van der Waals surface area contributed by atoms with Gasteiger partial charge in [-0.05, 0) is 30.5 Å². The van der Waals surface area contributed by atoms with E-state index in [4.69, 9.17) is 4.74 Å². The Morgan fingerprint density at radius 3 is 2.81 bits per heavy atom. The van der Waals surface area contributed by atoms with Gasteiger partial charge in [0.05, 0.1) is 12.6 Å². The average Bonchev–Trinajstić information content (AvgIpc) is 3.15. The van der Waals surface area contributed by atoms with Crippen molar-refractivity contribution in [1.82, 2.24) is 14.8 Å². The van der Waals surface area contributed by atoms with Gasteiger partial charge in [-0.3, -0.25) is 9.59 Å². The smallest absolute Gasteiger partial charge is 0.270 e. The van der Waals surface area contributed by atoms with Crippen LogP contribution in [0.1, 0.15) is 28.9 Å². The zero-order valence-corrected chi connectivity index (χ0v) is 15.8. The lowest BCUT2D eigenvalue weighted by atomic mass is 10.1. The van der Waals surface area contributed by atoms with Gasteiger partial charge in [-0.1, -0.05) is 30.3 Å². The molecule has 1 aliphatic rings. The lowest BCUT2D eigenvalue weighted by Crippen LogP contribution is -2.53. The van der Waals surface area contributed by atoms with Crippen LogP contribution in [0, 0.1) is 0 Å². The number of nitrogens with one attached hydrogen (secondary N) is 1. The number of fused-ring (bicyclic) bond motifs is 1. The number of ether oxygens (including phenoxy) is 1. The maximum Gasteiger partial charge on any atom is 0.270 e. The van der Waals surface area contributed by atoms with E-state index in [1.165, 1.54) is 5.56 Å². The molecular formula is C21H27N3O3. The summed E-state index contributed by atoms with van der Waals surface area (Å²) in [5.74, 6) is 0.0231. The monoisotopic (exact) mass is 369 g/mol. The van der Waals surface area contributed by atoms with E-state index in [2.05, 4.69) is 17.4 Å². The summed E-state index contributed by atoms with van der Waals surface area (Å²) in [6.45, 7) is 2.14. The molecule has 0 spiro atoms. The van der Waals surface area contributed by atoms with Crippen LogP contribution in [0.2, 0.25) is 0 Å². The van der Waals surface area contributed by atoms with Gasteiger partial charge < -0.3 is 19.5 Å². The molecule has 144 valence electrons. The third-order valence-electron chi connectivity index (χ3n) is 4.94. The molecule has 1 aromatic carbocycles. The Hall–Kier alpha value is -2.60. The van der Waals surface area contributed by atoms with Crippen molar-refractivity contribution < 1.29 is 14.3 Å². The molecule has 1 N–H and O–H groups in total. The Balaban J connectivity index is 1.50. The molecule has 0 radical (unpaired) electrons. The second-order valence-corrected chi connectivity index (χ2v) is 6.83. The van der Waals surface area contributed by atoms with Crippen LogP contribution < -0.4 is 5.32 Å². The molecule has 2 aromatic rings.